The third-order valence-electron chi connectivity index (χ3n) is 4.94. The van der Waals surface area contributed by atoms with Crippen molar-refractivity contribution in [3.63, 3.8) is 0 Å². The van der Waals surface area contributed by atoms with E-state index in [9.17, 15) is 14.4 Å². The Kier molecular flexibility index (Phi) is 9.53. The molecule has 1 heterocycles. The van der Waals surface area contributed by atoms with Crippen LogP contribution < -0.4 is 5.32 Å². The number of anilines is 1. The number of hydrogen-bond donors (Lipinski definition) is 1. The number of hydrogen-bond acceptors (Lipinski definition) is 6. The van der Waals surface area contributed by atoms with Crippen molar-refractivity contribution in [2.75, 3.05) is 19.0 Å². The number of benzene rings is 2. The lowest BCUT2D eigenvalue weighted by molar-refractivity contribution is -0.122. The quantitative estimate of drug-likeness (QED) is 0.178. The average molecular weight is 537 g/mol. The minimum absolute atomic E-state index is 0.120. The minimum atomic E-state index is -0.413. The SMILES string of the molecule is COC(=O)c1ccc(/C=C2\SC(=S)N(CCCCCC(=O)Nc3cc(Cl)cc(Cl)c3)C2=O)cc1. The zero-order valence-electron chi connectivity index (χ0n) is 18.3. The summed E-state index contributed by atoms with van der Waals surface area (Å²) in [5.41, 5.74) is 1.80. The van der Waals surface area contributed by atoms with Gasteiger partial charge >= 0.3 is 5.97 Å². The molecule has 0 spiro atoms. The normalized spacial score (nSPS) is 14.6. The monoisotopic (exact) mass is 536 g/mol. The lowest BCUT2D eigenvalue weighted by atomic mass is 10.1. The minimum Gasteiger partial charge on any atom is -0.465 e. The number of esters is 1. The standard InChI is InChI=1S/C24H22Cl2N2O4S2/c1-32-23(31)16-8-6-15(7-9-16)11-20-22(30)28(24(33)34-20)10-4-2-3-5-21(29)27-19-13-17(25)12-18(26)14-19/h6-9,11-14H,2-5,10H2,1H3,(H,27,29)/b20-11-. The van der Waals surface area contributed by atoms with Gasteiger partial charge in [-0.1, -0.05) is 65.7 Å². The molecular formula is C24H22Cl2N2O4S2. The fourth-order valence-corrected chi connectivity index (χ4v) is 5.09. The number of thiocarbonyl (C=S) groups is 1. The zero-order chi connectivity index (χ0) is 24.7. The van der Waals surface area contributed by atoms with Crippen LogP contribution in [0.4, 0.5) is 5.69 Å². The number of nitrogens with one attached hydrogen (secondary N) is 1. The zero-order valence-corrected chi connectivity index (χ0v) is 21.5. The van der Waals surface area contributed by atoms with Crippen molar-refractivity contribution in [1.29, 1.82) is 0 Å². The van der Waals surface area contributed by atoms with Gasteiger partial charge in [0.25, 0.3) is 5.91 Å². The van der Waals surface area contributed by atoms with E-state index in [1.54, 1.807) is 53.4 Å². The molecule has 6 nitrogen and oxygen atoms in total. The number of carbonyl (C=O) groups is 3. The number of amides is 2. The number of methoxy groups -OCH3 is 1. The summed E-state index contributed by atoms with van der Waals surface area (Å²) in [6.07, 6.45) is 4.28. The van der Waals surface area contributed by atoms with E-state index >= 15 is 0 Å². The van der Waals surface area contributed by atoms with Gasteiger partial charge in [-0.2, -0.15) is 0 Å². The Labute approximate surface area is 217 Å². The fraction of sp³-hybridized carbons (Fsp3) is 0.250. The van der Waals surface area contributed by atoms with Crippen LogP contribution in [0.1, 0.15) is 41.6 Å². The van der Waals surface area contributed by atoms with Crippen molar-refractivity contribution < 1.29 is 19.1 Å². The molecule has 1 saturated heterocycles. The van der Waals surface area contributed by atoms with E-state index in [-0.39, 0.29) is 11.8 Å². The smallest absolute Gasteiger partial charge is 0.337 e. The number of halogens is 2. The van der Waals surface area contributed by atoms with Gasteiger partial charge in [0, 0.05) is 28.7 Å². The lowest BCUT2D eigenvalue weighted by Crippen LogP contribution is -2.29. The molecule has 0 atom stereocenters. The first-order valence-corrected chi connectivity index (χ1v) is 12.4. The summed E-state index contributed by atoms with van der Waals surface area (Å²) in [7, 11) is 1.33. The van der Waals surface area contributed by atoms with Gasteiger partial charge in [-0.15, -0.1) is 0 Å². The van der Waals surface area contributed by atoms with E-state index in [0.29, 0.717) is 49.9 Å². The van der Waals surface area contributed by atoms with Crippen LogP contribution in [0.3, 0.4) is 0 Å². The second-order valence-electron chi connectivity index (χ2n) is 7.46. The molecule has 3 rings (SSSR count). The van der Waals surface area contributed by atoms with Crippen LogP contribution in [0, 0.1) is 0 Å². The third kappa shape index (κ3) is 7.30. The largest absolute Gasteiger partial charge is 0.465 e. The Balaban J connectivity index is 1.44. The molecular weight excluding hydrogens is 515 g/mol. The Hall–Kier alpha value is -2.39. The molecule has 2 amide bonds. The maximum atomic E-state index is 12.8. The summed E-state index contributed by atoms with van der Waals surface area (Å²) < 4.78 is 5.20. The van der Waals surface area contributed by atoms with Crippen molar-refractivity contribution >= 4 is 81.0 Å². The molecule has 1 aliphatic rings. The number of unbranched alkanes of at least 4 members (excludes halogenated alkanes) is 2. The third-order valence-corrected chi connectivity index (χ3v) is 6.75. The summed E-state index contributed by atoms with van der Waals surface area (Å²) in [4.78, 5) is 38.6. The topological polar surface area (TPSA) is 75.7 Å². The predicted octanol–water partition coefficient (Wildman–Crippen LogP) is 6.18. The molecule has 178 valence electrons. The molecule has 34 heavy (non-hydrogen) atoms. The van der Waals surface area contributed by atoms with Gasteiger partial charge in [0.05, 0.1) is 17.6 Å². The van der Waals surface area contributed by atoms with Crippen LogP contribution in [0.15, 0.2) is 47.4 Å². The Morgan fingerprint density at radius 1 is 1.09 bits per heavy atom. The van der Waals surface area contributed by atoms with Crippen molar-refractivity contribution in [2.24, 2.45) is 0 Å². The first-order valence-electron chi connectivity index (χ1n) is 10.5. The van der Waals surface area contributed by atoms with Crippen molar-refractivity contribution in [1.82, 2.24) is 4.90 Å². The number of rotatable bonds is 9. The van der Waals surface area contributed by atoms with E-state index in [1.165, 1.54) is 18.9 Å². The summed E-state index contributed by atoms with van der Waals surface area (Å²) in [5.74, 6) is -0.670. The van der Waals surface area contributed by atoms with Gasteiger partial charge in [-0.25, -0.2) is 4.79 Å². The van der Waals surface area contributed by atoms with Crippen molar-refractivity contribution in [3.8, 4) is 0 Å². The van der Waals surface area contributed by atoms with Crippen molar-refractivity contribution in [2.45, 2.75) is 25.7 Å². The molecule has 0 unspecified atom stereocenters. The van der Waals surface area contributed by atoms with Crippen LogP contribution >= 0.6 is 47.2 Å². The maximum Gasteiger partial charge on any atom is 0.337 e. The Bertz CT molecular complexity index is 1120. The van der Waals surface area contributed by atoms with E-state index < -0.39 is 5.97 Å². The van der Waals surface area contributed by atoms with Crippen LogP contribution in [0.5, 0.6) is 0 Å². The molecule has 1 N–H and O–H groups in total. The first kappa shape index (κ1) is 26.2. The Morgan fingerprint density at radius 3 is 2.41 bits per heavy atom. The molecule has 2 aromatic carbocycles. The number of thioether (sulfide) groups is 1. The van der Waals surface area contributed by atoms with Crippen LogP contribution in [0.25, 0.3) is 6.08 Å². The predicted molar refractivity (Wildman–Crippen MR) is 141 cm³/mol. The van der Waals surface area contributed by atoms with E-state index in [1.807, 2.05) is 0 Å². The highest BCUT2D eigenvalue weighted by Crippen LogP contribution is 2.33. The second-order valence-corrected chi connectivity index (χ2v) is 10.0. The molecule has 2 aromatic rings. The van der Waals surface area contributed by atoms with Gasteiger partial charge in [0.1, 0.15) is 4.32 Å². The number of ether oxygens (including phenoxy) is 1. The highest BCUT2D eigenvalue weighted by Gasteiger charge is 2.31. The molecule has 0 aromatic heterocycles. The van der Waals surface area contributed by atoms with Crippen molar-refractivity contribution in [3.05, 3.63) is 68.5 Å². The van der Waals surface area contributed by atoms with Crippen LogP contribution in [-0.4, -0.2) is 40.7 Å². The molecule has 1 aliphatic heterocycles. The highest BCUT2D eigenvalue weighted by atomic mass is 35.5. The Morgan fingerprint density at radius 2 is 1.76 bits per heavy atom. The number of nitrogens with zero attached hydrogens (tertiary/aromatic N) is 1. The van der Waals surface area contributed by atoms with Gasteiger partial charge in [-0.3, -0.25) is 14.5 Å². The van der Waals surface area contributed by atoms with E-state index in [2.05, 4.69) is 10.1 Å². The van der Waals surface area contributed by atoms with Crippen LogP contribution in [0.2, 0.25) is 10.0 Å². The van der Waals surface area contributed by atoms with Gasteiger partial charge in [-0.05, 0) is 54.8 Å². The summed E-state index contributed by atoms with van der Waals surface area (Å²) in [6.45, 7) is 0.495. The summed E-state index contributed by atoms with van der Waals surface area (Å²) in [5, 5.41) is 3.70. The van der Waals surface area contributed by atoms with Gasteiger partial charge in [0.15, 0.2) is 0 Å². The summed E-state index contributed by atoms with van der Waals surface area (Å²) >= 11 is 18.5. The molecule has 0 saturated carbocycles. The van der Waals surface area contributed by atoms with E-state index in [0.717, 1.165) is 18.4 Å². The fourth-order valence-electron chi connectivity index (χ4n) is 3.26. The first-order chi connectivity index (χ1) is 16.3. The molecule has 0 radical (unpaired) electrons. The highest BCUT2D eigenvalue weighted by molar-refractivity contribution is 8.26. The van der Waals surface area contributed by atoms with Gasteiger partial charge < -0.3 is 10.1 Å². The lowest BCUT2D eigenvalue weighted by Gasteiger charge is -2.14. The maximum absolute atomic E-state index is 12.8. The molecule has 1 fully saturated rings. The average Bonchev–Trinajstić information content (AvgIpc) is 3.05. The molecule has 10 heteroatoms. The van der Waals surface area contributed by atoms with E-state index in [4.69, 9.17) is 35.4 Å². The van der Waals surface area contributed by atoms with Crippen LogP contribution in [-0.2, 0) is 14.3 Å². The number of carbonyl (C=O) groups excluding carboxylic acids is 3. The van der Waals surface area contributed by atoms with Gasteiger partial charge in [0.2, 0.25) is 5.91 Å². The second kappa shape index (κ2) is 12.4. The summed E-state index contributed by atoms with van der Waals surface area (Å²) in [6, 6.07) is 11.7. The molecule has 0 aliphatic carbocycles. The molecule has 0 bridgehead atoms.